The monoisotopic (exact) mass is 240 g/mol. The molecule has 0 fully saturated rings. The predicted octanol–water partition coefficient (Wildman–Crippen LogP) is 1.81. The SMILES string of the molecule is CC(C)CC(NCc1cncc(F)c1)C(=O)O. The molecule has 1 atom stereocenters. The van der Waals surface area contributed by atoms with Gasteiger partial charge in [0.2, 0.25) is 0 Å². The minimum Gasteiger partial charge on any atom is -0.480 e. The fraction of sp³-hybridized carbons (Fsp3) is 0.500. The Labute approximate surface area is 99.9 Å². The van der Waals surface area contributed by atoms with Gasteiger partial charge in [-0.25, -0.2) is 4.39 Å². The fourth-order valence-electron chi connectivity index (χ4n) is 1.54. The van der Waals surface area contributed by atoms with Gasteiger partial charge in [0, 0.05) is 12.7 Å². The second-order valence-corrected chi connectivity index (χ2v) is 4.41. The van der Waals surface area contributed by atoms with Gasteiger partial charge < -0.3 is 10.4 Å². The number of carboxylic acids is 1. The smallest absolute Gasteiger partial charge is 0.320 e. The second kappa shape index (κ2) is 6.30. The van der Waals surface area contributed by atoms with Crippen LogP contribution in [0.3, 0.4) is 0 Å². The molecular weight excluding hydrogens is 223 g/mol. The number of hydrogen-bond acceptors (Lipinski definition) is 3. The Morgan fingerprint density at radius 1 is 1.53 bits per heavy atom. The van der Waals surface area contributed by atoms with Crippen LogP contribution in [-0.4, -0.2) is 22.1 Å². The van der Waals surface area contributed by atoms with E-state index in [0.717, 1.165) is 6.20 Å². The van der Waals surface area contributed by atoms with Crippen molar-refractivity contribution in [2.45, 2.75) is 32.9 Å². The number of nitrogens with zero attached hydrogens (tertiary/aromatic N) is 1. The van der Waals surface area contributed by atoms with E-state index in [2.05, 4.69) is 10.3 Å². The molecule has 2 N–H and O–H groups in total. The summed E-state index contributed by atoms with van der Waals surface area (Å²) in [5, 5.41) is 11.9. The van der Waals surface area contributed by atoms with Gasteiger partial charge in [0.15, 0.2) is 0 Å². The number of hydrogen-bond donors (Lipinski definition) is 2. The molecule has 1 aromatic rings. The van der Waals surface area contributed by atoms with E-state index < -0.39 is 17.8 Å². The summed E-state index contributed by atoms with van der Waals surface area (Å²) in [6.45, 7) is 4.22. The van der Waals surface area contributed by atoms with Gasteiger partial charge in [-0.15, -0.1) is 0 Å². The first-order chi connectivity index (χ1) is 7.99. The molecule has 0 bridgehead atoms. The lowest BCUT2D eigenvalue weighted by Crippen LogP contribution is -2.37. The van der Waals surface area contributed by atoms with Crippen molar-refractivity contribution in [3.05, 3.63) is 29.8 Å². The molecule has 0 radical (unpaired) electrons. The topological polar surface area (TPSA) is 62.2 Å². The molecule has 1 heterocycles. The summed E-state index contributed by atoms with van der Waals surface area (Å²) in [4.78, 5) is 14.7. The standard InChI is InChI=1S/C12H17FN2O2/c1-8(2)3-11(12(16)17)15-6-9-4-10(13)7-14-5-9/h4-5,7-8,11,15H,3,6H2,1-2H3,(H,16,17). The van der Waals surface area contributed by atoms with Crippen molar-refractivity contribution in [3.8, 4) is 0 Å². The zero-order valence-corrected chi connectivity index (χ0v) is 9.98. The van der Waals surface area contributed by atoms with Crippen molar-refractivity contribution >= 4 is 5.97 Å². The molecule has 1 rings (SSSR count). The molecule has 0 spiro atoms. The lowest BCUT2D eigenvalue weighted by molar-refractivity contribution is -0.140. The Morgan fingerprint density at radius 3 is 2.76 bits per heavy atom. The molecule has 0 aliphatic heterocycles. The number of rotatable bonds is 6. The molecular formula is C12H17FN2O2. The molecule has 0 aliphatic carbocycles. The maximum Gasteiger partial charge on any atom is 0.320 e. The van der Waals surface area contributed by atoms with Gasteiger partial charge in [0.25, 0.3) is 0 Å². The quantitative estimate of drug-likeness (QED) is 0.796. The molecule has 0 saturated carbocycles. The van der Waals surface area contributed by atoms with Gasteiger partial charge in [0.05, 0.1) is 6.20 Å². The summed E-state index contributed by atoms with van der Waals surface area (Å²) in [6.07, 6.45) is 3.18. The van der Waals surface area contributed by atoms with Crippen LogP contribution in [0.2, 0.25) is 0 Å². The first-order valence-electron chi connectivity index (χ1n) is 5.54. The summed E-state index contributed by atoms with van der Waals surface area (Å²) < 4.78 is 12.9. The predicted molar refractivity (Wildman–Crippen MR) is 61.9 cm³/mol. The summed E-state index contributed by atoms with van der Waals surface area (Å²) in [7, 11) is 0. The molecule has 4 nitrogen and oxygen atoms in total. The van der Waals surface area contributed by atoms with Crippen LogP contribution in [0.1, 0.15) is 25.8 Å². The highest BCUT2D eigenvalue weighted by atomic mass is 19.1. The van der Waals surface area contributed by atoms with E-state index in [0.29, 0.717) is 18.5 Å². The van der Waals surface area contributed by atoms with Gasteiger partial charge in [0.1, 0.15) is 11.9 Å². The van der Waals surface area contributed by atoms with Crippen LogP contribution in [0.5, 0.6) is 0 Å². The number of halogens is 1. The van der Waals surface area contributed by atoms with E-state index in [-0.39, 0.29) is 5.92 Å². The van der Waals surface area contributed by atoms with Crippen molar-refractivity contribution in [2.75, 3.05) is 0 Å². The van der Waals surface area contributed by atoms with Gasteiger partial charge in [-0.3, -0.25) is 9.78 Å². The van der Waals surface area contributed by atoms with E-state index in [1.807, 2.05) is 13.8 Å². The third-order valence-corrected chi connectivity index (χ3v) is 2.32. The van der Waals surface area contributed by atoms with E-state index >= 15 is 0 Å². The zero-order chi connectivity index (χ0) is 12.8. The van der Waals surface area contributed by atoms with Crippen LogP contribution in [0, 0.1) is 11.7 Å². The number of nitrogens with one attached hydrogen (secondary N) is 1. The molecule has 0 aliphatic rings. The van der Waals surface area contributed by atoms with Crippen LogP contribution in [-0.2, 0) is 11.3 Å². The van der Waals surface area contributed by atoms with Crippen molar-refractivity contribution < 1.29 is 14.3 Å². The highest BCUT2D eigenvalue weighted by Gasteiger charge is 2.17. The Kier molecular flexibility index (Phi) is 5.03. The Morgan fingerprint density at radius 2 is 2.24 bits per heavy atom. The molecule has 0 aromatic carbocycles. The molecule has 1 unspecified atom stereocenters. The van der Waals surface area contributed by atoms with E-state index in [9.17, 15) is 9.18 Å². The van der Waals surface area contributed by atoms with Gasteiger partial charge >= 0.3 is 5.97 Å². The molecule has 0 saturated heterocycles. The lowest BCUT2D eigenvalue weighted by Gasteiger charge is -2.16. The van der Waals surface area contributed by atoms with Crippen LogP contribution in [0.25, 0.3) is 0 Å². The van der Waals surface area contributed by atoms with Crippen LogP contribution >= 0.6 is 0 Å². The summed E-state index contributed by atoms with van der Waals surface area (Å²) >= 11 is 0. The van der Waals surface area contributed by atoms with Crippen molar-refractivity contribution in [1.82, 2.24) is 10.3 Å². The number of aliphatic carboxylic acids is 1. The minimum absolute atomic E-state index is 0.286. The average Bonchev–Trinajstić information content (AvgIpc) is 2.23. The normalized spacial score (nSPS) is 12.7. The van der Waals surface area contributed by atoms with Gasteiger partial charge in [-0.05, 0) is 24.0 Å². The maximum atomic E-state index is 12.9. The molecule has 5 heteroatoms. The highest BCUT2D eigenvalue weighted by Crippen LogP contribution is 2.07. The third kappa shape index (κ3) is 4.91. The largest absolute Gasteiger partial charge is 0.480 e. The van der Waals surface area contributed by atoms with Crippen molar-refractivity contribution in [3.63, 3.8) is 0 Å². The molecule has 0 amide bonds. The van der Waals surface area contributed by atoms with Crippen LogP contribution < -0.4 is 5.32 Å². The van der Waals surface area contributed by atoms with E-state index in [1.165, 1.54) is 12.3 Å². The summed E-state index contributed by atoms with van der Waals surface area (Å²) in [6, 6.07) is 0.729. The van der Waals surface area contributed by atoms with E-state index in [4.69, 9.17) is 5.11 Å². The maximum absolute atomic E-state index is 12.9. The number of carbonyl (C=O) groups is 1. The zero-order valence-electron chi connectivity index (χ0n) is 9.98. The van der Waals surface area contributed by atoms with Gasteiger partial charge in [-0.1, -0.05) is 13.8 Å². The molecule has 94 valence electrons. The first kappa shape index (κ1) is 13.6. The number of aromatic nitrogens is 1. The Bertz CT molecular complexity index is 383. The van der Waals surface area contributed by atoms with Crippen molar-refractivity contribution in [2.24, 2.45) is 5.92 Å². The van der Waals surface area contributed by atoms with E-state index in [1.54, 1.807) is 0 Å². The minimum atomic E-state index is -0.886. The van der Waals surface area contributed by atoms with Crippen LogP contribution in [0.15, 0.2) is 18.5 Å². The summed E-state index contributed by atoms with van der Waals surface area (Å²) in [5.41, 5.74) is 0.639. The average molecular weight is 240 g/mol. The fourth-order valence-corrected chi connectivity index (χ4v) is 1.54. The lowest BCUT2D eigenvalue weighted by atomic mass is 10.0. The second-order valence-electron chi connectivity index (χ2n) is 4.41. The number of pyridine rings is 1. The first-order valence-corrected chi connectivity index (χ1v) is 5.54. The highest BCUT2D eigenvalue weighted by molar-refractivity contribution is 5.73. The molecule has 17 heavy (non-hydrogen) atoms. The van der Waals surface area contributed by atoms with Gasteiger partial charge in [-0.2, -0.15) is 0 Å². The number of carboxylic acid groups (broad SMARTS) is 1. The Hall–Kier alpha value is -1.49. The third-order valence-electron chi connectivity index (χ3n) is 2.32. The summed E-state index contributed by atoms with van der Waals surface area (Å²) in [5.74, 6) is -1.02. The Balaban J connectivity index is 2.54. The molecule has 1 aromatic heterocycles. The van der Waals surface area contributed by atoms with Crippen LogP contribution in [0.4, 0.5) is 4.39 Å². The van der Waals surface area contributed by atoms with Crippen molar-refractivity contribution in [1.29, 1.82) is 0 Å².